The molecule has 4 heteroatoms. The molecule has 0 aromatic heterocycles. The zero-order valence-corrected chi connectivity index (χ0v) is 20.7. The Hall–Kier alpha value is -3.24. The van der Waals surface area contributed by atoms with Crippen LogP contribution in [0.5, 0.6) is 17.2 Å². The molecule has 4 rings (SSSR count). The Morgan fingerprint density at radius 3 is 2.03 bits per heavy atom. The lowest BCUT2D eigenvalue weighted by Gasteiger charge is -2.26. The van der Waals surface area contributed by atoms with Crippen molar-refractivity contribution in [1.29, 1.82) is 0 Å². The van der Waals surface area contributed by atoms with E-state index >= 15 is 0 Å². The second-order valence-electron chi connectivity index (χ2n) is 9.33. The summed E-state index contributed by atoms with van der Waals surface area (Å²) in [7, 11) is 0. The highest BCUT2D eigenvalue weighted by molar-refractivity contribution is 5.98. The van der Waals surface area contributed by atoms with Gasteiger partial charge < -0.3 is 14.9 Å². The standard InChI is InChI=1S/C31H37NO3/c1-2-3-10-30(26-8-7-9-29(23-26)35-22-21-32-19-5-4-6-20-32)31(24-11-15-27(33)16-12-24)25-13-17-28(34)18-14-25/h7-9,11-18,23,33-34H,2-6,10,19-22H2,1H3. The highest BCUT2D eigenvalue weighted by Gasteiger charge is 2.16. The molecule has 1 saturated heterocycles. The highest BCUT2D eigenvalue weighted by Crippen LogP contribution is 2.37. The van der Waals surface area contributed by atoms with E-state index in [4.69, 9.17) is 4.74 Å². The van der Waals surface area contributed by atoms with Crippen LogP contribution in [0.25, 0.3) is 11.1 Å². The van der Waals surface area contributed by atoms with Crippen LogP contribution < -0.4 is 4.74 Å². The molecule has 184 valence electrons. The third-order valence-electron chi connectivity index (χ3n) is 6.70. The summed E-state index contributed by atoms with van der Waals surface area (Å²) in [5, 5.41) is 19.8. The van der Waals surface area contributed by atoms with Gasteiger partial charge in [-0.1, -0.05) is 56.2 Å². The minimum atomic E-state index is 0.248. The number of hydrogen-bond acceptors (Lipinski definition) is 4. The van der Waals surface area contributed by atoms with Crippen molar-refractivity contribution in [2.24, 2.45) is 0 Å². The lowest BCUT2D eigenvalue weighted by molar-refractivity contribution is 0.183. The van der Waals surface area contributed by atoms with Gasteiger partial charge in [0.1, 0.15) is 23.9 Å². The largest absolute Gasteiger partial charge is 0.508 e. The lowest BCUT2D eigenvalue weighted by atomic mass is 9.87. The van der Waals surface area contributed by atoms with E-state index in [1.165, 1.54) is 37.9 Å². The van der Waals surface area contributed by atoms with Crippen LogP contribution >= 0.6 is 0 Å². The number of nitrogens with zero attached hydrogens (tertiary/aromatic N) is 1. The first-order valence-corrected chi connectivity index (χ1v) is 12.9. The molecule has 0 aliphatic carbocycles. The molecular weight excluding hydrogens is 434 g/mol. The van der Waals surface area contributed by atoms with Crippen molar-refractivity contribution in [3.8, 4) is 17.2 Å². The van der Waals surface area contributed by atoms with E-state index in [0.29, 0.717) is 6.61 Å². The van der Waals surface area contributed by atoms with E-state index in [-0.39, 0.29) is 11.5 Å². The van der Waals surface area contributed by atoms with Gasteiger partial charge in [0.05, 0.1) is 0 Å². The number of benzene rings is 3. The van der Waals surface area contributed by atoms with Crippen LogP contribution in [0.4, 0.5) is 0 Å². The maximum Gasteiger partial charge on any atom is 0.119 e. The summed E-state index contributed by atoms with van der Waals surface area (Å²) in [5.41, 5.74) is 5.57. The summed E-state index contributed by atoms with van der Waals surface area (Å²) in [4.78, 5) is 2.49. The van der Waals surface area contributed by atoms with Gasteiger partial charge in [-0.3, -0.25) is 4.90 Å². The first-order chi connectivity index (χ1) is 17.1. The number of ether oxygens (including phenoxy) is 1. The summed E-state index contributed by atoms with van der Waals surface area (Å²) < 4.78 is 6.20. The Morgan fingerprint density at radius 1 is 0.800 bits per heavy atom. The molecule has 3 aromatic rings. The van der Waals surface area contributed by atoms with E-state index in [2.05, 4.69) is 30.0 Å². The minimum absolute atomic E-state index is 0.248. The van der Waals surface area contributed by atoms with Crippen molar-refractivity contribution in [3.05, 3.63) is 89.5 Å². The molecule has 1 heterocycles. The lowest BCUT2D eigenvalue weighted by Crippen LogP contribution is -2.33. The fraction of sp³-hybridized carbons (Fsp3) is 0.355. The Kier molecular flexibility index (Phi) is 8.85. The summed E-state index contributed by atoms with van der Waals surface area (Å²) >= 11 is 0. The smallest absolute Gasteiger partial charge is 0.119 e. The molecule has 0 atom stereocenters. The molecule has 0 amide bonds. The summed E-state index contributed by atoms with van der Waals surface area (Å²) in [6.07, 6.45) is 7.00. The predicted octanol–water partition coefficient (Wildman–Crippen LogP) is 7.11. The SMILES string of the molecule is CCCCC(=C(c1ccc(O)cc1)c1ccc(O)cc1)c1cccc(OCCN2CCCCC2)c1. The number of unbranched alkanes of at least 4 members (excludes halogenated alkanes) is 1. The molecule has 0 spiro atoms. The summed E-state index contributed by atoms with van der Waals surface area (Å²) in [6, 6.07) is 23.2. The second-order valence-corrected chi connectivity index (χ2v) is 9.33. The number of aromatic hydroxyl groups is 2. The maximum absolute atomic E-state index is 9.89. The summed E-state index contributed by atoms with van der Waals surface area (Å²) in [6.45, 7) is 6.22. The topological polar surface area (TPSA) is 52.9 Å². The van der Waals surface area contributed by atoms with Crippen molar-refractivity contribution in [2.75, 3.05) is 26.2 Å². The molecule has 0 radical (unpaired) electrons. The van der Waals surface area contributed by atoms with E-state index in [9.17, 15) is 10.2 Å². The first kappa shape index (κ1) is 24.9. The van der Waals surface area contributed by atoms with Gasteiger partial charge in [0.25, 0.3) is 0 Å². The Bertz CT molecular complexity index is 1050. The van der Waals surface area contributed by atoms with Crippen LogP contribution in [0.2, 0.25) is 0 Å². The van der Waals surface area contributed by atoms with Crippen LogP contribution in [0.3, 0.4) is 0 Å². The van der Waals surface area contributed by atoms with Crippen molar-refractivity contribution in [2.45, 2.75) is 45.4 Å². The number of phenols is 2. The fourth-order valence-electron chi connectivity index (χ4n) is 4.79. The Balaban J connectivity index is 1.69. The summed E-state index contributed by atoms with van der Waals surface area (Å²) in [5.74, 6) is 1.39. The van der Waals surface area contributed by atoms with Crippen molar-refractivity contribution < 1.29 is 14.9 Å². The maximum atomic E-state index is 9.89. The van der Waals surface area contributed by atoms with Crippen LogP contribution in [-0.4, -0.2) is 41.4 Å². The molecule has 0 unspecified atom stereocenters. The average Bonchev–Trinajstić information content (AvgIpc) is 2.89. The van der Waals surface area contributed by atoms with E-state index in [1.54, 1.807) is 24.3 Å². The molecule has 35 heavy (non-hydrogen) atoms. The number of piperidine rings is 1. The Morgan fingerprint density at radius 2 is 1.43 bits per heavy atom. The molecule has 3 aromatic carbocycles. The molecule has 4 nitrogen and oxygen atoms in total. The average molecular weight is 472 g/mol. The fourth-order valence-corrected chi connectivity index (χ4v) is 4.79. The van der Waals surface area contributed by atoms with Gasteiger partial charge >= 0.3 is 0 Å². The monoisotopic (exact) mass is 471 g/mol. The second kappa shape index (κ2) is 12.5. The van der Waals surface area contributed by atoms with Gasteiger partial charge in [-0.15, -0.1) is 0 Å². The predicted molar refractivity (Wildman–Crippen MR) is 144 cm³/mol. The van der Waals surface area contributed by atoms with Gasteiger partial charge in [0, 0.05) is 6.54 Å². The molecule has 0 saturated carbocycles. The number of likely N-dealkylation sites (tertiary alicyclic amines) is 1. The zero-order valence-electron chi connectivity index (χ0n) is 20.7. The van der Waals surface area contributed by atoms with E-state index in [1.807, 2.05) is 30.3 Å². The number of allylic oxidation sites excluding steroid dienone is 1. The normalized spacial score (nSPS) is 14.0. The third kappa shape index (κ3) is 6.89. The van der Waals surface area contributed by atoms with Crippen molar-refractivity contribution >= 4 is 11.1 Å². The zero-order chi connectivity index (χ0) is 24.5. The molecule has 0 bridgehead atoms. The molecule has 1 aliphatic rings. The van der Waals surface area contributed by atoms with Gasteiger partial charge in [-0.25, -0.2) is 0 Å². The number of rotatable bonds is 10. The number of hydrogen-bond donors (Lipinski definition) is 2. The quantitative estimate of drug-likeness (QED) is 0.309. The van der Waals surface area contributed by atoms with Gasteiger partial charge in [-0.05, 0) is 103 Å². The van der Waals surface area contributed by atoms with Crippen LogP contribution in [0, 0.1) is 0 Å². The Labute approximate surface area is 209 Å². The third-order valence-corrected chi connectivity index (χ3v) is 6.70. The van der Waals surface area contributed by atoms with Crippen molar-refractivity contribution in [1.82, 2.24) is 4.90 Å². The van der Waals surface area contributed by atoms with E-state index < -0.39 is 0 Å². The van der Waals surface area contributed by atoms with Crippen LogP contribution in [0.1, 0.15) is 62.1 Å². The molecular formula is C31H37NO3. The van der Waals surface area contributed by atoms with Crippen LogP contribution in [0.15, 0.2) is 72.8 Å². The van der Waals surface area contributed by atoms with Crippen molar-refractivity contribution in [3.63, 3.8) is 0 Å². The van der Waals surface area contributed by atoms with Gasteiger partial charge in [-0.2, -0.15) is 0 Å². The van der Waals surface area contributed by atoms with Gasteiger partial charge in [0.2, 0.25) is 0 Å². The van der Waals surface area contributed by atoms with Gasteiger partial charge in [0.15, 0.2) is 0 Å². The number of phenolic OH excluding ortho intramolecular Hbond substituents is 2. The van der Waals surface area contributed by atoms with E-state index in [0.717, 1.165) is 53.8 Å². The van der Waals surface area contributed by atoms with Crippen LogP contribution in [-0.2, 0) is 0 Å². The molecule has 2 N–H and O–H groups in total. The molecule has 1 fully saturated rings. The minimum Gasteiger partial charge on any atom is -0.508 e. The highest BCUT2D eigenvalue weighted by atomic mass is 16.5. The molecule has 1 aliphatic heterocycles. The first-order valence-electron chi connectivity index (χ1n) is 12.9.